The second-order valence-corrected chi connectivity index (χ2v) is 3.24. The molecule has 5 heteroatoms. The maximum atomic E-state index is 5.91. The minimum Gasteiger partial charge on any atom is -0.329 e. The highest BCUT2D eigenvalue weighted by atomic mass is 15.3. The molecular formula is C10H13N5. The van der Waals surface area contributed by atoms with Gasteiger partial charge in [0.1, 0.15) is 12.7 Å². The van der Waals surface area contributed by atoms with Crippen molar-refractivity contribution in [2.24, 2.45) is 11.5 Å². The molecule has 15 heavy (non-hydrogen) atoms. The third kappa shape index (κ3) is 1.88. The summed E-state index contributed by atoms with van der Waals surface area (Å²) in [5.74, 6) is 0. The summed E-state index contributed by atoms with van der Waals surface area (Å²) in [6, 6.07) is 7.59. The maximum Gasteiger partial charge on any atom is 0.138 e. The quantitative estimate of drug-likeness (QED) is 0.747. The number of nitrogens with zero attached hydrogens (tertiary/aromatic N) is 3. The van der Waals surface area contributed by atoms with Gasteiger partial charge in [0.05, 0.1) is 5.69 Å². The molecule has 0 radical (unpaired) electrons. The van der Waals surface area contributed by atoms with Crippen LogP contribution in [0.25, 0.3) is 5.69 Å². The number of hydrogen-bond acceptors (Lipinski definition) is 4. The van der Waals surface area contributed by atoms with Gasteiger partial charge in [0.2, 0.25) is 0 Å². The Balaban J connectivity index is 2.47. The van der Waals surface area contributed by atoms with E-state index in [-0.39, 0.29) is 6.04 Å². The standard InChI is InChI=1S/C10H13N5/c11-5-9(12)8-3-1-2-4-10(8)15-7-13-6-14-15/h1-4,6-7,9H,5,11-12H2/t9-/m1/s1. The second kappa shape index (κ2) is 4.20. The lowest BCUT2D eigenvalue weighted by Gasteiger charge is -2.13. The van der Waals surface area contributed by atoms with E-state index < -0.39 is 0 Å². The average molecular weight is 203 g/mol. The van der Waals surface area contributed by atoms with Crippen LogP contribution < -0.4 is 11.5 Å². The predicted molar refractivity (Wildman–Crippen MR) is 57.3 cm³/mol. The van der Waals surface area contributed by atoms with E-state index in [9.17, 15) is 0 Å². The first-order valence-electron chi connectivity index (χ1n) is 4.72. The molecule has 0 bridgehead atoms. The van der Waals surface area contributed by atoms with Crippen LogP contribution in [0.4, 0.5) is 0 Å². The van der Waals surface area contributed by atoms with Crippen LogP contribution in [0.2, 0.25) is 0 Å². The molecule has 1 aromatic heterocycles. The predicted octanol–water partition coefficient (Wildman–Crippen LogP) is 0.226. The Morgan fingerprint density at radius 1 is 1.33 bits per heavy atom. The molecule has 0 amide bonds. The molecular weight excluding hydrogens is 190 g/mol. The third-order valence-electron chi connectivity index (χ3n) is 2.26. The molecule has 78 valence electrons. The molecule has 0 saturated heterocycles. The first-order valence-corrected chi connectivity index (χ1v) is 4.72. The highest BCUT2D eigenvalue weighted by molar-refractivity contribution is 5.41. The minimum atomic E-state index is -0.176. The number of nitrogens with two attached hydrogens (primary N) is 2. The molecule has 0 aliphatic carbocycles. The van der Waals surface area contributed by atoms with E-state index in [1.165, 1.54) is 6.33 Å². The summed E-state index contributed by atoms with van der Waals surface area (Å²) in [6.45, 7) is 0.408. The lowest BCUT2D eigenvalue weighted by atomic mass is 10.1. The van der Waals surface area contributed by atoms with E-state index in [1.54, 1.807) is 11.0 Å². The molecule has 5 nitrogen and oxygen atoms in total. The van der Waals surface area contributed by atoms with Gasteiger partial charge in [-0.05, 0) is 11.6 Å². The van der Waals surface area contributed by atoms with Crippen molar-refractivity contribution in [2.45, 2.75) is 6.04 Å². The summed E-state index contributed by atoms with van der Waals surface area (Å²) < 4.78 is 1.69. The summed E-state index contributed by atoms with van der Waals surface area (Å²) in [5, 5.41) is 4.07. The van der Waals surface area contributed by atoms with E-state index in [0.717, 1.165) is 11.3 Å². The zero-order chi connectivity index (χ0) is 10.7. The molecule has 2 aromatic rings. The number of hydrogen-bond donors (Lipinski definition) is 2. The molecule has 2 rings (SSSR count). The Morgan fingerprint density at radius 3 is 2.80 bits per heavy atom. The van der Waals surface area contributed by atoms with Crippen molar-refractivity contribution in [1.29, 1.82) is 0 Å². The van der Waals surface area contributed by atoms with E-state index in [0.29, 0.717) is 6.54 Å². The molecule has 0 fully saturated rings. The molecule has 0 saturated carbocycles. The normalized spacial score (nSPS) is 12.7. The second-order valence-electron chi connectivity index (χ2n) is 3.24. The lowest BCUT2D eigenvalue weighted by Crippen LogP contribution is -2.22. The fraction of sp³-hybridized carbons (Fsp3) is 0.200. The number of rotatable bonds is 3. The monoisotopic (exact) mass is 203 g/mol. The third-order valence-corrected chi connectivity index (χ3v) is 2.26. The molecule has 1 atom stereocenters. The van der Waals surface area contributed by atoms with Gasteiger partial charge in [-0.1, -0.05) is 18.2 Å². The van der Waals surface area contributed by atoms with Crippen molar-refractivity contribution < 1.29 is 0 Å². The van der Waals surface area contributed by atoms with Crippen LogP contribution in [0.1, 0.15) is 11.6 Å². The number of benzene rings is 1. The Bertz CT molecular complexity index is 423. The van der Waals surface area contributed by atoms with E-state index in [4.69, 9.17) is 11.5 Å². The molecule has 1 aromatic carbocycles. The van der Waals surface area contributed by atoms with Crippen LogP contribution >= 0.6 is 0 Å². The van der Waals surface area contributed by atoms with Gasteiger partial charge >= 0.3 is 0 Å². The average Bonchev–Trinajstić information content (AvgIpc) is 2.81. The van der Waals surface area contributed by atoms with Gasteiger partial charge in [-0.2, -0.15) is 5.10 Å². The zero-order valence-corrected chi connectivity index (χ0v) is 8.24. The van der Waals surface area contributed by atoms with Gasteiger partial charge in [-0.25, -0.2) is 9.67 Å². The molecule has 0 aliphatic rings. The lowest BCUT2D eigenvalue weighted by molar-refractivity contribution is 0.720. The molecule has 0 spiro atoms. The SMILES string of the molecule is NC[C@@H](N)c1ccccc1-n1cncn1. The Labute approximate surface area is 87.7 Å². The molecule has 1 heterocycles. The van der Waals surface area contributed by atoms with Gasteiger partial charge in [0, 0.05) is 12.6 Å². The van der Waals surface area contributed by atoms with Crippen molar-refractivity contribution >= 4 is 0 Å². The van der Waals surface area contributed by atoms with E-state index >= 15 is 0 Å². The summed E-state index contributed by atoms with van der Waals surface area (Å²) in [5.41, 5.74) is 13.4. The summed E-state index contributed by atoms with van der Waals surface area (Å²) in [4.78, 5) is 3.90. The fourth-order valence-electron chi connectivity index (χ4n) is 1.47. The highest BCUT2D eigenvalue weighted by Crippen LogP contribution is 2.18. The van der Waals surface area contributed by atoms with Crippen LogP contribution in [0.5, 0.6) is 0 Å². The van der Waals surface area contributed by atoms with E-state index in [1.807, 2.05) is 24.3 Å². The first-order chi connectivity index (χ1) is 7.33. The van der Waals surface area contributed by atoms with Crippen molar-refractivity contribution in [1.82, 2.24) is 14.8 Å². The zero-order valence-electron chi connectivity index (χ0n) is 8.24. The van der Waals surface area contributed by atoms with Gasteiger partial charge in [0.25, 0.3) is 0 Å². The smallest absolute Gasteiger partial charge is 0.138 e. The largest absolute Gasteiger partial charge is 0.329 e. The van der Waals surface area contributed by atoms with Gasteiger partial charge in [-0.15, -0.1) is 0 Å². The van der Waals surface area contributed by atoms with Crippen LogP contribution in [-0.2, 0) is 0 Å². The molecule has 0 aliphatic heterocycles. The topological polar surface area (TPSA) is 82.8 Å². The Kier molecular flexibility index (Phi) is 2.75. The molecule has 0 unspecified atom stereocenters. The van der Waals surface area contributed by atoms with Crippen molar-refractivity contribution in [3.8, 4) is 5.69 Å². The van der Waals surface area contributed by atoms with E-state index in [2.05, 4.69) is 10.1 Å². The van der Waals surface area contributed by atoms with Crippen LogP contribution in [0.15, 0.2) is 36.9 Å². The first kappa shape index (κ1) is 9.82. The van der Waals surface area contributed by atoms with Gasteiger partial charge < -0.3 is 11.5 Å². The van der Waals surface area contributed by atoms with Crippen LogP contribution in [0.3, 0.4) is 0 Å². The maximum absolute atomic E-state index is 5.91. The molecule has 4 N–H and O–H groups in total. The summed E-state index contributed by atoms with van der Waals surface area (Å²) in [6.07, 6.45) is 3.13. The van der Waals surface area contributed by atoms with Crippen molar-refractivity contribution in [3.63, 3.8) is 0 Å². The van der Waals surface area contributed by atoms with Crippen molar-refractivity contribution in [3.05, 3.63) is 42.5 Å². The summed E-state index contributed by atoms with van der Waals surface area (Å²) >= 11 is 0. The number of aromatic nitrogens is 3. The number of para-hydroxylation sites is 1. The van der Waals surface area contributed by atoms with Crippen LogP contribution in [-0.4, -0.2) is 21.3 Å². The Hall–Kier alpha value is -1.72. The van der Waals surface area contributed by atoms with Gasteiger partial charge in [0.15, 0.2) is 0 Å². The minimum absolute atomic E-state index is 0.176. The van der Waals surface area contributed by atoms with Gasteiger partial charge in [-0.3, -0.25) is 0 Å². The fourth-order valence-corrected chi connectivity index (χ4v) is 1.47. The summed E-state index contributed by atoms with van der Waals surface area (Å²) in [7, 11) is 0. The van der Waals surface area contributed by atoms with Crippen molar-refractivity contribution in [2.75, 3.05) is 6.54 Å². The highest BCUT2D eigenvalue weighted by Gasteiger charge is 2.10. The van der Waals surface area contributed by atoms with Crippen LogP contribution in [0, 0.1) is 0 Å². The Morgan fingerprint density at radius 2 is 2.13 bits per heavy atom.